The van der Waals surface area contributed by atoms with Crippen LogP contribution in [0.3, 0.4) is 0 Å². The van der Waals surface area contributed by atoms with Crippen LogP contribution in [0.15, 0.2) is 18.3 Å². The summed E-state index contributed by atoms with van der Waals surface area (Å²) in [7, 11) is 1.63. The molecule has 0 atom stereocenters. The van der Waals surface area contributed by atoms with Gasteiger partial charge >= 0.3 is 0 Å². The standard InChI is InChI=1S/C12H18N4OS/c1-3-6-16(8-11(17)14-2)9-4-5-10(12(13)18)15-7-9/h4-5,7H,3,6,8H2,1-2H3,(H2,13,18)(H,14,17). The van der Waals surface area contributed by atoms with Crippen molar-refractivity contribution >= 4 is 28.8 Å². The van der Waals surface area contributed by atoms with Crippen LogP contribution < -0.4 is 16.0 Å². The molecule has 0 unspecified atom stereocenters. The van der Waals surface area contributed by atoms with Crippen molar-refractivity contribution in [2.75, 3.05) is 25.0 Å². The van der Waals surface area contributed by atoms with Crippen molar-refractivity contribution in [1.29, 1.82) is 0 Å². The van der Waals surface area contributed by atoms with Crippen molar-refractivity contribution < 1.29 is 4.79 Å². The number of carbonyl (C=O) groups excluding carboxylic acids is 1. The summed E-state index contributed by atoms with van der Waals surface area (Å²) >= 11 is 4.85. The Balaban J connectivity index is 2.84. The van der Waals surface area contributed by atoms with Gasteiger partial charge in [0.15, 0.2) is 0 Å². The second-order valence-corrected chi connectivity index (χ2v) is 4.30. The molecule has 3 N–H and O–H groups in total. The highest BCUT2D eigenvalue weighted by molar-refractivity contribution is 7.80. The number of pyridine rings is 1. The van der Waals surface area contributed by atoms with E-state index in [1.165, 1.54) is 0 Å². The molecule has 1 amide bonds. The maximum absolute atomic E-state index is 11.4. The van der Waals surface area contributed by atoms with E-state index >= 15 is 0 Å². The molecule has 1 rings (SSSR count). The third-order valence-corrected chi connectivity index (χ3v) is 2.68. The first-order valence-electron chi connectivity index (χ1n) is 5.79. The topological polar surface area (TPSA) is 71.2 Å². The highest BCUT2D eigenvalue weighted by atomic mass is 32.1. The highest BCUT2D eigenvalue weighted by Gasteiger charge is 2.10. The molecule has 0 radical (unpaired) electrons. The number of likely N-dealkylation sites (N-methyl/N-ethyl adjacent to an activating group) is 1. The van der Waals surface area contributed by atoms with Crippen LogP contribution in [0.5, 0.6) is 0 Å². The van der Waals surface area contributed by atoms with Crippen molar-refractivity contribution in [2.24, 2.45) is 5.73 Å². The molecule has 0 aromatic carbocycles. The van der Waals surface area contributed by atoms with Crippen LogP contribution >= 0.6 is 12.2 Å². The molecular formula is C12H18N4OS. The predicted molar refractivity (Wildman–Crippen MR) is 76.7 cm³/mol. The first-order chi connectivity index (χ1) is 8.58. The zero-order chi connectivity index (χ0) is 13.5. The second-order valence-electron chi connectivity index (χ2n) is 3.86. The van der Waals surface area contributed by atoms with Gasteiger partial charge in [-0.3, -0.25) is 9.78 Å². The van der Waals surface area contributed by atoms with Gasteiger partial charge in [0.05, 0.1) is 24.1 Å². The highest BCUT2D eigenvalue weighted by Crippen LogP contribution is 2.13. The van der Waals surface area contributed by atoms with Gasteiger partial charge in [-0.2, -0.15) is 0 Å². The Morgan fingerprint density at radius 3 is 2.72 bits per heavy atom. The largest absolute Gasteiger partial charge is 0.388 e. The Kier molecular flexibility index (Phi) is 5.51. The number of nitrogens with zero attached hydrogens (tertiary/aromatic N) is 2. The third-order valence-electron chi connectivity index (χ3n) is 2.47. The van der Waals surface area contributed by atoms with E-state index < -0.39 is 0 Å². The van der Waals surface area contributed by atoms with E-state index in [0.717, 1.165) is 18.7 Å². The molecule has 0 aliphatic rings. The Morgan fingerprint density at radius 2 is 2.28 bits per heavy atom. The molecule has 98 valence electrons. The number of aromatic nitrogens is 1. The van der Waals surface area contributed by atoms with Gasteiger partial charge in [0.2, 0.25) is 5.91 Å². The van der Waals surface area contributed by atoms with Crippen LogP contribution in [-0.4, -0.2) is 36.0 Å². The fourth-order valence-electron chi connectivity index (χ4n) is 1.54. The normalized spacial score (nSPS) is 9.89. The molecule has 0 aliphatic carbocycles. The quantitative estimate of drug-likeness (QED) is 0.741. The molecule has 0 bridgehead atoms. The molecule has 0 saturated carbocycles. The molecule has 1 heterocycles. The van der Waals surface area contributed by atoms with Crippen molar-refractivity contribution in [3.63, 3.8) is 0 Å². The molecule has 6 heteroatoms. The van der Waals surface area contributed by atoms with E-state index in [4.69, 9.17) is 18.0 Å². The summed E-state index contributed by atoms with van der Waals surface area (Å²) in [4.78, 5) is 17.8. The van der Waals surface area contributed by atoms with Gasteiger partial charge < -0.3 is 16.0 Å². The van der Waals surface area contributed by atoms with Crippen molar-refractivity contribution in [1.82, 2.24) is 10.3 Å². The lowest BCUT2D eigenvalue weighted by Crippen LogP contribution is -2.36. The first-order valence-corrected chi connectivity index (χ1v) is 6.20. The Hall–Kier alpha value is -1.69. The number of amides is 1. The number of carbonyl (C=O) groups is 1. The fraction of sp³-hybridized carbons (Fsp3) is 0.417. The minimum Gasteiger partial charge on any atom is -0.388 e. The van der Waals surface area contributed by atoms with Crippen LogP contribution in [0, 0.1) is 0 Å². The lowest BCUT2D eigenvalue weighted by molar-refractivity contribution is -0.119. The first kappa shape index (κ1) is 14.4. The molecule has 0 saturated heterocycles. The van der Waals surface area contributed by atoms with E-state index in [9.17, 15) is 4.79 Å². The molecule has 0 fully saturated rings. The maximum atomic E-state index is 11.4. The van der Waals surface area contributed by atoms with E-state index in [1.54, 1.807) is 19.3 Å². The smallest absolute Gasteiger partial charge is 0.239 e. The van der Waals surface area contributed by atoms with Crippen molar-refractivity contribution in [2.45, 2.75) is 13.3 Å². The fourth-order valence-corrected chi connectivity index (χ4v) is 1.66. The van der Waals surface area contributed by atoms with Gasteiger partial charge in [0.1, 0.15) is 4.99 Å². The van der Waals surface area contributed by atoms with Crippen molar-refractivity contribution in [3.05, 3.63) is 24.0 Å². The average molecular weight is 266 g/mol. The third kappa shape index (κ3) is 3.96. The van der Waals surface area contributed by atoms with Crippen LogP contribution in [0.1, 0.15) is 19.0 Å². The number of hydrogen-bond donors (Lipinski definition) is 2. The van der Waals surface area contributed by atoms with E-state index in [0.29, 0.717) is 12.2 Å². The zero-order valence-electron chi connectivity index (χ0n) is 10.6. The van der Waals surface area contributed by atoms with E-state index in [2.05, 4.69) is 17.2 Å². The summed E-state index contributed by atoms with van der Waals surface area (Å²) in [5.74, 6) is -0.0260. The summed E-state index contributed by atoms with van der Waals surface area (Å²) in [5, 5.41) is 2.61. The SMILES string of the molecule is CCCN(CC(=O)NC)c1ccc(C(N)=S)nc1. The monoisotopic (exact) mass is 266 g/mol. The van der Waals surface area contributed by atoms with Crippen molar-refractivity contribution in [3.8, 4) is 0 Å². The Labute approximate surface area is 112 Å². The number of thiocarbonyl (C=S) groups is 1. The van der Waals surface area contributed by atoms with Gasteiger partial charge in [-0.05, 0) is 18.6 Å². The number of nitrogens with two attached hydrogens (primary N) is 1. The number of rotatable bonds is 6. The summed E-state index contributed by atoms with van der Waals surface area (Å²) in [6.07, 6.45) is 2.64. The Bertz CT molecular complexity index is 419. The van der Waals surface area contributed by atoms with Gasteiger partial charge in [-0.1, -0.05) is 19.1 Å². The maximum Gasteiger partial charge on any atom is 0.239 e. The zero-order valence-corrected chi connectivity index (χ0v) is 11.5. The summed E-state index contributed by atoms with van der Waals surface area (Å²) < 4.78 is 0. The van der Waals surface area contributed by atoms with Gasteiger partial charge in [-0.25, -0.2) is 0 Å². The summed E-state index contributed by atoms with van der Waals surface area (Å²) in [6, 6.07) is 3.64. The van der Waals surface area contributed by atoms with Gasteiger partial charge in [0.25, 0.3) is 0 Å². The second kappa shape index (κ2) is 6.90. The lowest BCUT2D eigenvalue weighted by atomic mass is 10.3. The van der Waals surface area contributed by atoms with Gasteiger partial charge in [-0.15, -0.1) is 0 Å². The van der Waals surface area contributed by atoms with E-state index in [-0.39, 0.29) is 10.9 Å². The molecule has 0 aliphatic heterocycles. The summed E-state index contributed by atoms with van der Waals surface area (Å²) in [6.45, 7) is 3.17. The molecule has 1 aromatic rings. The molecule has 5 nitrogen and oxygen atoms in total. The average Bonchev–Trinajstić information content (AvgIpc) is 2.38. The predicted octanol–water partition coefficient (Wildman–Crippen LogP) is 0.678. The number of hydrogen-bond acceptors (Lipinski definition) is 4. The number of anilines is 1. The molecular weight excluding hydrogens is 248 g/mol. The lowest BCUT2D eigenvalue weighted by Gasteiger charge is -2.23. The Morgan fingerprint density at radius 1 is 1.56 bits per heavy atom. The summed E-state index contributed by atoms with van der Waals surface area (Å²) in [5.41, 5.74) is 6.97. The number of nitrogens with one attached hydrogen (secondary N) is 1. The van der Waals surface area contributed by atoms with Crippen LogP contribution in [-0.2, 0) is 4.79 Å². The van der Waals surface area contributed by atoms with E-state index in [1.807, 2.05) is 11.0 Å². The molecule has 0 spiro atoms. The van der Waals surface area contributed by atoms with Crippen LogP contribution in [0.25, 0.3) is 0 Å². The van der Waals surface area contributed by atoms with Crippen LogP contribution in [0.4, 0.5) is 5.69 Å². The minimum absolute atomic E-state index is 0.0260. The molecule has 18 heavy (non-hydrogen) atoms. The molecule has 1 aromatic heterocycles. The minimum atomic E-state index is -0.0260. The van der Waals surface area contributed by atoms with Gasteiger partial charge in [0, 0.05) is 13.6 Å². The van der Waals surface area contributed by atoms with Crippen LogP contribution in [0.2, 0.25) is 0 Å².